The van der Waals surface area contributed by atoms with E-state index in [1.54, 1.807) is 19.1 Å². The van der Waals surface area contributed by atoms with Crippen LogP contribution in [0.5, 0.6) is 0 Å². The Balaban J connectivity index is 1.86. The lowest BCUT2D eigenvalue weighted by molar-refractivity contribution is 0.490. The zero-order valence-electron chi connectivity index (χ0n) is 12.7. The number of benzene rings is 2. The molecule has 0 saturated carbocycles. The highest BCUT2D eigenvalue weighted by molar-refractivity contribution is 7.89. The van der Waals surface area contributed by atoms with E-state index in [9.17, 15) is 8.42 Å². The second kappa shape index (κ2) is 5.99. The molecule has 0 saturated heterocycles. The molecule has 0 N–H and O–H groups in total. The molecule has 116 valence electrons. The van der Waals surface area contributed by atoms with E-state index in [-0.39, 0.29) is 4.90 Å². The Labute approximate surface area is 136 Å². The number of nitriles is 1. The minimum atomic E-state index is -3.56. The molecule has 0 amide bonds. The van der Waals surface area contributed by atoms with Gasteiger partial charge in [0.25, 0.3) is 0 Å². The maximum Gasteiger partial charge on any atom is 0.243 e. The summed E-state index contributed by atoms with van der Waals surface area (Å²) in [5, 5.41) is 8.97. The Morgan fingerprint density at radius 3 is 2.52 bits per heavy atom. The maximum atomic E-state index is 12.8. The summed E-state index contributed by atoms with van der Waals surface area (Å²) >= 11 is 0. The quantitative estimate of drug-likeness (QED) is 0.872. The highest BCUT2D eigenvalue weighted by Gasteiger charge is 2.28. The van der Waals surface area contributed by atoms with Crippen LogP contribution in [0.2, 0.25) is 0 Å². The summed E-state index contributed by atoms with van der Waals surface area (Å²) in [5.74, 6) is 0. The van der Waals surface area contributed by atoms with Gasteiger partial charge in [-0.3, -0.25) is 0 Å². The van der Waals surface area contributed by atoms with Gasteiger partial charge in [-0.25, -0.2) is 8.42 Å². The zero-order valence-corrected chi connectivity index (χ0v) is 13.5. The third kappa shape index (κ3) is 2.91. The first-order valence-corrected chi connectivity index (χ1v) is 8.72. The topological polar surface area (TPSA) is 61.2 Å². The third-order valence-electron chi connectivity index (χ3n) is 3.99. The lowest BCUT2D eigenvalue weighted by atomic mass is 10.1. The largest absolute Gasteiger partial charge is 0.243 e. The molecule has 5 heteroatoms. The Morgan fingerprint density at radius 2 is 1.87 bits per heavy atom. The number of rotatable bonds is 3. The average Bonchev–Trinajstić information content (AvgIpc) is 3.06. The Kier molecular flexibility index (Phi) is 4.03. The van der Waals surface area contributed by atoms with Gasteiger partial charge in [0.15, 0.2) is 0 Å². The Bertz CT molecular complexity index is 910. The second-order valence-electron chi connectivity index (χ2n) is 5.48. The first-order valence-electron chi connectivity index (χ1n) is 7.28. The van der Waals surface area contributed by atoms with Crippen LogP contribution in [0, 0.1) is 18.3 Å². The minimum absolute atomic E-state index is 0.233. The lowest BCUT2D eigenvalue weighted by Crippen LogP contribution is -2.29. The van der Waals surface area contributed by atoms with Crippen molar-refractivity contribution in [2.45, 2.75) is 11.8 Å². The van der Waals surface area contributed by atoms with Crippen LogP contribution in [0.4, 0.5) is 0 Å². The molecule has 4 nitrogen and oxygen atoms in total. The molecule has 1 heterocycles. The molecule has 2 aromatic carbocycles. The SMILES string of the molecule is Cc1cc(S(=O)(=O)N2CC=C(c3ccccc3)C2)ccc1C#N. The van der Waals surface area contributed by atoms with Crippen molar-refractivity contribution in [3.63, 3.8) is 0 Å². The lowest BCUT2D eigenvalue weighted by Gasteiger charge is -2.17. The van der Waals surface area contributed by atoms with Crippen molar-refractivity contribution in [2.24, 2.45) is 0 Å². The molecule has 0 radical (unpaired) electrons. The van der Waals surface area contributed by atoms with Gasteiger partial charge in [0, 0.05) is 13.1 Å². The molecule has 0 unspecified atom stereocenters. The summed E-state index contributed by atoms with van der Waals surface area (Å²) in [7, 11) is -3.56. The molecule has 1 aliphatic rings. The van der Waals surface area contributed by atoms with Crippen molar-refractivity contribution in [2.75, 3.05) is 13.1 Å². The van der Waals surface area contributed by atoms with E-state index in [1.165, 1.54) is 10.4 Å². The highest BCUT2D eigenvalue weighted by Crippen LogP contribution is 2.27. The van der Waals surface area contributed by atoms with Gasteiger partial charge in [-0.1, -0.05) is 36.4 Å². The predicted molar refractivity (Wildman–Crippen MR) is 89.1 cm³/mol. The van der Waals surface area contributed by atoms with Crippen molar-refractivity contribution >= 4 is 15.6 Å². The van der Waals surface area contributed by atoms with Crippen LogP contribution in [-0.2, 0) is 10.0 Å². The average molecular weight is 324 g/mol. The van der Waals surface area contributed by atoms with Gasteiger partial charge in [-0.2, -0.15) is 9.57 Å². The van der Waals surface area contributed by atoms with Crippen LogP contribution in [0.15, 0.2) is 59.5 Å². The van der Waals surface area contributed by atoms with Crippen molar-refractivity contribution in [1.82, 2.24) is 4.31 Å². The number of aryl methyl sites for hydroxylation is 1. The van der Waals surface area contributed by atoms with Crippen LogP contribution in [0.1, 0.15) is 16.7 Å². The summed E-state index contributed by atoms with van der Waals surface area (Å²) in [6, 6.07) is 16.5. The van der Waals surface area contributed by atoms with E-state index in [0.717, 1.165) is 11.1 Å². The summed E-state index contributed by atoms with van der Waals surface area (Å²) in [4.78, 5) is 0.233. The van der Waals surface area contributed by atoms with Crippen LogP contribution >= 0.6 is 0 Å². The molecule has 0 atom stereocenters. The molecular weight excluding hydrogens is 308 g/mol. The fourth-order valence-electron chi connectivity index (χ4n) is 2.65. The van der Waals surface area contributed by atoms with Gasteiger partial charge in [-0.05, 0) is 41.8 Å². The molecule has 0 spiro atoms. The fourth-order valence-corrected chi connectivity index (χ4v) is 4.09. The van der Waals surface area contributed by atoms with Crippen molar-refractivity contribution in [3.05, 3.63) is 71.3 Å². The van der Waals surface area contributed by atoms with Crippen LogP contribution in [0.25, 0.3) is 5.57 Å². The Morgan fingerprint density at radius 1 is 1.13 bits per heavy atom. The van der Waals surface area contributed by atoms with Gasteiger partial charge in [-0.15, -0.1) is 0 Å². The third-order valence-corrected chi connectivity index (χ3v) is 5.80. The van der Waals surface area contributed by atoms with Gasteiger partial charge in [0.1, 0.15) is 0 Å². The Hall–Kier alpha value is -2.42. The van der Waals surface area contributed by atoms with E-state index >= 15 is 0 Å². The molecule has 0 aromatic heterocycles. The van der Waals surface area contributed by atoms with Gasteiger partial charge in [0.2, 0.25) is 10.0 Å². The highest BCUT2D eigenvalue weighted by atomic mass is 32.2. The monoisotopic (exact) mass is 324 g/mol. The summed E-state index contributed by atoms with van der Waals surface area (Å²) in [6.45, 7) is 2.48. The number of nitrogens with zero attached hydrogens (tertiary/aromatic N) is 2. The van der Waals surface area contributed by atoms with Crippen LogP contribution in [0.3, 0.4) is 0 Å². The molecule has 0 bridgehead atoms. The zero-order chi connectivity index (χ0) is 16.4. The molecule has 23 heavy (non-hydrogen) atoms. The normalized spacial score (nSPS) is 15.2. The standard InChI is InChI=1S/C18H16N2O2S/c1-14-11-18(8-7-16(14)12-19)23(21,22)20-10-9-17(13-20)15-5-3-2-4-6-15/h2-9,11H,10,13H2,1H3. The molecule has 1 aliphatic heterocycles. The first kappa shape index (κ1) is 15.5. The van der Waals surface area contributed by atoms with E-state index in [2.05, 4.69) is 6.07 Å². The second-order valence-corrected chi connectivity index (χ2v) is 7.42. The minimum Gasteiger partial charge on any atom is -0.207 e. The maximum absolute atomic E-state index is 12.8. The van der Waals surface area contributed by atoms with Gasteiger partial charge >= 0.3 is 0 Å². The summed E-state index contributed by atoms with van der Waals surface area (Å²) in [6.07, 6.45) is 1.95. The van der Waals surface area contributed by atoms with Crippen molar-refractivity contribution in [1.29, 1.82) is 5.26 Å². The van der Waals surface area contributed by atoms with Crippen molar-refractivity contribution < 1.29 is 8.42 Å². The molecule has 3 rings (SSSR count). The van der Waals surface area contributed by atoms with Crippen LogP contribution in [-0.4, -0.2) is 25.8 Å². The number of hydrogen-bond donors (Lipinski definition) is 0. The van der Waals surface area contributed by atoms with E-state index in [4.69, 9.17) is 5.26 Å². The molecule has 0 fully saturated rings. The predicted octanol–water partition coefficient (Wildman–Crippen LogP) is 2.95. The van der Waals surface area contributed by atoms with E-state index in [1.807, 2.05) is 36.4 Å². The number of hydrogen-bond acceptors (Lipinski definition) is 3. The van der Waals surface area contributed by atoms with Gasteiger partial charge in [0.05, 0.1) is 16.5 Å². The summed E-state index contributed by atoms with van der Waals surface area (Å²) < 4.78 is 27.0. The van der Waals surface area contributed by atoms with Crippen molar-refractivity contribution in [3.8, 4) is 6.07 Å². The smallest absolute Gasteiger partial charge is 0.207 e. The fraction of sp³-hybridized carbons (Fsp3) is 0.167. The molecule has 2 aromatic rings. The molecular formula is C18H16N2O2S. The molecule has 0 aliphatic carbocycles. The van der Waals surface area contributed by atoms with Gasteiger partial charge < -0.3 is 0 Å². The number of sulfonamides is 1. The summed E-state index contributed by atoms with van der Waals surface area (Å²) in [5.41, 5.74) is 3.22. The van der Waals surface area contributed by atoms with E-state index < -0.39 is 10.0 Å². The van der Waals surface area contributed by atoms with Crippen LogP contribution < -0.4 is 0 Å². The van der Waals surface area contributed by atoms with E-state index in [0.29, 0.717) is 24.2 Å². The first-order chi connectivity index (χ1) is 11.0.